The van der Waals surface area contributed by atoms with Crippen LogP contribution in [0.1, 0.15) is 31.9 Å². The molecule has 12 heteroatoms. The fourth-order valence-corrected chi connectivity index (χ4v) is 4.45. The first-order valence-electron chi connectivity index (χ1n) is 13.4. The van der Waals surface area contributed by atoms with Crippen LogP contribution >= 0.6 is 0 Å². The summed E-state index contributed by atoms with van der Waals surface area (Å²) in [7, 11) is 0. The minimum absolute atomic E-state index is 0.0968. The van der Waals surface area contributed by atoms with Crippen molar-refractivity contribution < 1.29 is 29.1 Å². The standard InChI is InChI=1S/C29H38N6O6/c1-18(33-26(39)22(30)15-20-9-11-21(36)12-10-20)25(38)32-17-24(37)34-23(16-19-7-5-4-6-8-19)27(40)35-14-13-31-28(41)29(35,2)3/h4-12,18,22-23,36H,13-17,30H2,1-3H3,(H,31,41)(H,32,38)(H,33,39)(H,34,37)/t18-,22+,23?/m1/s1. The van der Waals surface area contributed by atoms with Gasteiger partial charge in [-0.15, -0.1) is 0 Å². The Balaban J connectivity index is 1.57. The predicted octanol–water partition coefficient (Wildman–Crippen LogP) is -0.653. The van der Waals surface area contributed by atoms with Gasteiger partial charge in [-0.2, -0.15) is 0 Å². The number of nitrogens with two attached hydrogens (primary N) is 1. The summed E-state index contributed by atoms with van der Waals surface area (Å²) in [4.78, 5) is 65.3. The van der Waals surface area contributed by atoms with Crippen molar-refractivity contribution in [2.75, 3.05) is 19.6 Å². The summed E-state index contributed by atoms with van der Waals surface area (Å²) in [6.45, 7) is 4.92. The Hall–Kier alpha value is -4.45. The van der Waals surface area contributed by atoms with Crippen LogP contribution in [-0.2, 0) is 36.8 Å². The van der Waals surface area contributed by atoms with Gasteiger partial charge in [0.25, 0.3) is 0 Å². The summed E-state index contributed by atoms with van der Waals surface area (Å²) in [5.41, 5.74) is 6.42. The molecular formula is C29H38N6O6. The van der Waals surface area contributed by atoms with E-state index in [1.165, 1.54) is 24.0 Å². The lowest BCUT2D eigenvalue weighted by Gasteiger charge is -2.42. The van der Waals surface area contributed by atoms with Crippen LogP contribution in [0.2, 0.25) is 0 Å². The SMILES string of the molecule is C[C@@H](NC(=O)[C@@H](N)Cc1ccc(O)cc1)C(=O)NCC(=O)NC(Cc1ccccc1)C(=O)N1CCNC(=O)C1(C)C. The van der Waals surface area contributed by atoms with Crippen LogP contribution in [0.5, 0.6) is 5.75 Å². The fourth-order valence-electron chi connectivity index (χ4n) is 4.45. The van der Waals surface area contributed by atoms with Gasteiger partial charge in [-0.05, 0) is 50.5 Å². The van der Waals surface area contributed by atoms with E-state index in [0.29, 0.717) is 13.1 Å². The first kappa shape index (κ1) is 31.1. The number of benzene rings is 2. The van der Waals surface area contributed by atoms with E-state index in [-0.39, 0.29) is 24.5 Å². The van der Waals surface area contributed by atoms with Crippen molar-refractivity contribution in [3.8, 4) is 5.75 Å². The van der Waals surface area contributed by atoms with Gasteiger partial charge in [0, 0.05) is 19.5 Å². The van der Waals surface area contributed by atoms with Gasteiger partial charge in [0.1, 0.15) is 23.4 Å². The molecule has 1 saturated heterocycles. The third kappa shape index (κ3) is 8.52. The number of carbonyl (C=O) groups excluding carboxylic acids is 5. The van der Waals surface area contributed by atoms with Crippen molar-refractivity contribution in [3.05, 3.63) is 65.7 Å². The van der Waals surface area contributed by atoms with Crippen molar-refractivity contribution in [1.82, 2.24) is 26.2 Å². The first-order valence-corrected chi connectivity index (χ1v) is 13.4. The molecule has 0 spiro atoms. The Labute approximate surface area is 239 Å². The molecule has 1 unspecified atom stereocenters. The number of hydrogen-bond donors (Lipinski definition) is 6. The molecule has 1 aliphatic heterocycles. The van der Waals surface area contributed by atoms with Gasteiger partial charge in [-0.1, -0.05) is 42.5 Å². The van der Waals surface area contributed by atoms with Crippen molar-refractivity contribution in [2.24, 2.45) is 5.73 Å². The molecule has 3 atom stereocenters. The number of carbonyl (C=O) groups is 5. The van der Waals surface area contributed by atoms with E-state index >= 15 is 0 Å². The summed E-state index contributed by atoms with van der Waals surface area (Å²) in [6, 6.07) is 12.5. The highest BCUT2D eigenvalue weighted by molar-refractivity contribution is 5.96. The fraction of sp³-hybridized carbons (Fsp3) is 0.414. The summed E-state index contributed by atoms with van der Waals surface area (Å²) >= 11 is 0. The van der Waals surface area contributed by atoms with Crippen LogP contribution in [0, 0.1) is 0 Å². The molecule has 5 amide bonds. The molecule has 0 aromatic heterocycles. The number of aromatic hydroxyl groups is 1. The Morgan fingerprint density at radius 2 is 1.61 bits per heavy atom. The second-order valence-electron chi connectivity index (χ2n) is 10.5. The van der Waals surface area contributed by atoms with E-state index < -0.39 is 53.8 Å². The third-order valence-corrected chi connectivity index (χ3v) is 6.94. The molecule has 0 bridgehead atoms. The molecule has 12 nitrogen and oxygen atoms in total. The van der Waals surface area contributed by atoms with Gasteiger partial charge in [0.2, 0.25) is 29.5 Å². The molecule has 41 heavy (non-hydrogen) atoms. The zero-order chi connectivity index (χ0) is 30.2. The number of nitrogens with one attached hydrogen (secondary N) is 4. The van der Waals surface area contributed by atoms with Gasteiger partial charge in [-0.3, -0.25) is 24.0 Å². The van der Waals surface area contributed by atoms with Crippen molar-refractivity contribution in [1.29, 1.82) is 0 Å². The molecule has 0 saturated carbocycles. The van der Waals surface area contributed by atoms with Gasteiger partial charge in [0.05, 0.1) is 12.6 Å². The second kappa shape index (κ2) is 13.8. The number of nitrogens with zero attached hydrogens (tertiary/aromatic N) is 1. The topological polar surface area (TPSA) is 183 Å². The van der Waals surface area contributed by atoms with E-state index in [9.17, 15) is 29.1 Å². The largest absolute Gasteiger partial charge is 0.508 e. The van der Waals surface area contributed by atoms with Crippen LogP contribution in [0.25, 0.3) is 0 Å². The molecule has 0 radical (unpaired) electrons. The van der Waals surface area contributed by atoms with Crippen LogP contribution < -0.4 is 27.0 Å². The normalized spacial score (nSPS) is 16.5. The van der Waals surface area contributed by atoms with E-state index in [2.05, 4.69) is 21.3 Å². The van der Waals surface area contributed by atoms with E-state index in [1.807, 2.05) is 30.3 Å². The number of hydrogen-bond acceptors (Lipinski definition) is 7. The predicted molar refractivity (Wildman–Crippen MR) is 151 cm³/mol. The minimum Gasteiger partial charge on any atom is -0.508 e. The van der Waals surface area contributed by atoms with Crippen molar-refractivity contribution in [2.45, 2.75) is 57.3 Å². The Morgan fingerprint density at radius 3 is 2.27 bits per heavy atom. The number of amides is 5. The Morgan fingerprint density at radius 1 is 0.976 bits per heavy atom. The quantitative estimate of drug-likeness (QED) is 0.209. The molecular weight excluding hydrogens is 528 g/mol. The lowest BCUT2D eigenvalue weighted by atomic mass is 9.96. The molecule has 1 heterocycles. The van der Waals surface area contributed by atoms with Crippen LogP contribution in [0.4, 0.5) is 0 Å². The monoisotopic (exact) mass is 566 g/mol. The summed E-state index contributed by atoms with van der Waals surface area (Å²) in [5, 5.41) is 19.8. The average molecular weight is 567 g/mol. The molecule has 2 aromatic carbocycles. The molecule has 2 aromatic rings. The maximum absolute atomic E-state index is 13.6. The van der Waals surface area contributed by atoms with Crippen LogP contribution in [0.3, 0.4) is 0 Å². The van der Waals surface area contributed by atoms with Crippen LogP contribution in [-0.4, -0.2) is 82.8 Å². The molecule has 1 aliphatic rings. The summed E-state index contributed by atoms with van der Waals surface area (Å²) < 4.78 is 0. The second-order valence-corrected chi connectivity index (χ2v) is 10.5. The van der Waals surface area contributed by atoms with E-state index in [0.717, 1.165) is 11.1 Å². The lowest BCUT2D eigenvalue weighted by Crippen LogP contribution is -2.66. The molecule has 3 rings (SSSR count). The number of piperazine rings is 1. The highest BCUT2D eigenvalue weighted by atomic mass is 16.3. The number of phenols is 1. The zero-order valence-electron chi connectivity index (χ0n) is 23.5. The first-order chi connectivity index (χ1) is 19.4. The molecule has 1 fully saturated rings. The van der Waals surface area contributed by atoms with Crippen LogP contribution in [0.15, 0.2) is 54.6 Å². The smallest absolute Gasteiger partial charge is 0.246 e. The minimum atomic E-state index is -1.10. The molecule has 0 aliphatic carbocycles. The van der Waals surface area contributed by atoms with Crippen molar-refractivity contribution in [3.63, 3.8) is 0 Å². The average Bonchev–Trinajstić information content (AvgIpc) is 2.94. The maximum atomic E-state index is 13.6. The Bertz CT molecular complexity index is 1250. The summed E-state index contributed by atoms with van der Waals surface area (Å²) in [5.74, 6) is -2.35. The number of phenolic OH excluding ortho intramolecular Hbond substituents is 1. The van der Waals surface area contributed by atoms with E-state index in [1.54, 1.807) is 26.0 Å². The van der Waals surface area contributed by atoms with Gasteiger partial charge >= 0.3 is 0 Å². The van der Waals surface area contributed by atoms with Gasteiger partial charge < -0.3 is 37.0 Å². The van der Waals surface area contributed by atoms with E-state index in [4.69, 9.17) is 5.73 Å². The maximum Gasteiger partial charge on any atom is 0.246 e. The molecule has 7 N–H and O–H groups in total. The van der Waals surface area contributed by atoms with Gasteiger partial charge in [0.15, 0.2) is 0 Å². The van der Waals surface area contributed by atoms with Crippen molar-refractivity contribution >= 4 is 29.5 Å². The zero-order valence-corrected chi connectivity index (χ0v) is 23.5. The van der Waals surface area contributed by atoms with Gasteiger partial charge in [-0.25, -0.2) is 0 Å². The lowest BCUT2D eigenvalue weighted by molar-refractivity contribution is -0.151. The Kier molecular flexibility index (Phi) is 10.4. The highest BCUT2D eigenvalue weighted by Crippen LogP contribution is 2.20. The number of rotatable bonds is 11. The highest BCUT2D eigenvalue weighted by Gasteiger charge is 2.42. The molecule has 220 valence electrons. The summed E-state index contributed by atoms with van der Waals surface area (Å²) in [6.07, 6.45) is 0.397. The third-order valence-electron chi connectivity index (χ3n) is 6.94.